The van der Waals surface area contributed by atoms with Gasteiger partial charge in [-0.25, -0.2) is 0 Å². The fraction of sp³-hybridized carbons (Fsp3) is 0.500. The summed E-state index contributed by atoms with van der Waals surface area (Å²) >= 11 is 0. The molecule has 96 valence electrons. The lowest BCUT2D eigenvalue weighted by Crippen LogP contribution is -2.24. The molecular formula is C14H19N3O. The first-order chi connectivity index (χ1) is 8.81. The maximum Gasteiger partial charge on any atom is 0.253 e. The Hall–Kier alpha value is -1.55. The van der Waals surface area contributed by atoms with Gasteiger partial charge in [0.25, 0.3) is 5.91 Å². The molecule has 1 aliphatic carbocycles. The summed E-state index contributed by atoms with van der Waals surface area (Å²) in [6.45, 7) is 5.47. The number of rotatable bonds is 2. The smallest absolute Gasteiger partial charge is 0.253 e. The molecule has 0 saturated carbocycles. The molecular weight excluding hydrogens is 226 g/mol. The van der Waals surface area contributed by atoms with Crippen LogP contribution in [0.2, 0.25) is 0 Å². The van der Waals surface area contributed by atoms with Crippen LogP contribution < -0.4 is 10.6 Å². The fourth-order valence-corrected chi connectivity index (χ4v) is 2.92. The van der Waals surface area contributed by atoms with Crippen LogP contribution in [0.4, 0.5) is 0 Å². The summed E-state index contributed by atoms with van der Waals surface area (Å²) in [7, 11) is 0. The molecule has 0 saturated heterocycles. The zero-order valence-corrected chi connectivity index (χ0v) is 10.8. The molecule has 1 aromatic rings. The normalized spacial score (nSPS) is 17.7. The van der Waals surface area contributed by atoms with Crippen molar-refractivity contribution in [3.8, 4) is 0 Å². The lowest BCUT2D eigenvalue weighted by molar-refractivity contribution is 0.0955. The lowest BCUT2D eigenvalue weighted by atomic mass is 9.94. The third kappa shape index (κ3) is 1.77. The van der Waals surface area contributed by atoms with E-state index in [2.05, 4.69) is 21.3 Å². The summed E-state index contributed by atoms with van der Waals surface area (Å²) in [5, 5.41) is 6.34. The zero-order valence-electron chi connectivity index (χ0n) is 10.8. The van der Waals surface area contributed by atoms with Gasteiger partial charge < -0.3 is 15.2 Å². The molecule has 2 N–H and O–H groups in total. The largest absolute Gasteiger partial charge is 0.352 e. The standard InChI is InChI=1S/C14H19N3O/c1-2-16-14(18)12-9-17-7-6-15-8-10-4-3-5-11(12)13(10)17/h4,9,15H,2-3,5-8H2,1H3,(H,16,18). The maximum atomic E-state index is 12.1. The summed E-state index contributed by atoms with van der Waals surface area (Å²) in [4.78, 5) is 12.1. The minimum atomic E-state index is 0.0716. The van der Waals surface area contributed by atoms with Crippen LogP contribution in [-0.4, -0.2) is 30.1 Å². The van der Waals surface area contributed by atoms with Crippen molar-refractivity contribution < 1.29 is 4.79 Å². The van der Waals surface area contributed by atoms with Crippen LogP contribution in [-0.2, 0) is 13.0 Å². The van der Waals surface area contributed by atoms with Gasteiger partial charge in [0.15, 0.2) is 0 Å². The van der Waals surface area contributed by atoms with E-state index < -0.39 is 0 Å². The topological polar surface area (TPSA) is 46.1 Å². The van der Waals surface area contributed by atoms with Crippen LogP contribution in [0, 0.1) is 0 Å². The van der Waals surface area contributed by atoms with Crippen LogP contribution in [0.5, 0.6) is 0 Å². The Morgan fingerprint density at radius 1 is 1.56 bits per heavy atom. The third-order valence-corrected chi connectivity index (χ3v) is 3.70. The Labute approximate surface area is 107 Å². The van der Waals surface area contributed by atoms with E-state index in [0.29, 0.717) is 6.54 Å². The second kappa shape index (κ2) is 4.61. The second-order valence-electron chi connectivity index (χ2n) is 4.87. The van der Waals surface area contributed by atoms with E-state index >= 15 is 0 Å². The Bertz CT molecular complexity index is 513. The number of allylic oxidation sites excluding steroid dienone is 1. The Morgan fingerprint density at radius 2 is 2.44 bits per heavy atom. The molecule has 4 heteroatoms. The number of nitrogens with one attached hydrogen (secondary N) is 2. The van der Waals surface area contributed by atoms with Crippen molar-refractivity contribution in [3.63, 3.8) is 0 Å². The van der Waals surface area contributed by atoms with Crippen molar-refractivity contribution in [2.45, 2.75) is 26.3 Å². The number of carbonyl (C=O) groups is 1. The molecule has 0 spiro atoms. The van der Waals surface area contributed by atoms with Gasteiger partial charge in [0, 0.05) is 38.1 Å². The van der Waals surface area contributed by atoms with Crippen LogP contribution in [0.15, 0.2) is 12.3 Å². The summed E-state index contributed by atoms with van der Waals surface area (Å²) in [6.07, 6.45) is 6.36. The van der Waals surface area contributed by atoms with E-state index in [1.165, 1.54) is 16.8 Å². The number of amides is 1. The van der Waals surface area contributed by atoms with Crippen molar-refractivity contribution in [1.82, 2.24) is 15.2 Å². The number of carbonyl (C=O) groups excluding carboxylic acids is 1. The molecule has 3 rings (SSSR count). The number of hydrogen-bond donors (Lipinski definition) is 2. The van der Waals surface area contributed by atoms with Gasteiger partial charge in [0.1, 0.15) is 0 Å². The molecule has 0 fully saturated rings. The molecule has 2 aliphatic rings. The number of aromatic nitrogens is 1. The van der Waals surface area contributed by atoms with Crippen LogP contribution >= 0.6 is 0 Å². The predicted octanol–water partition coefficient (Wildman–Crippen LogP) is 1.17. The van der Waals surface area contributed by atoms with Gasteiger partial charge in [0.05, 0.1) is 5.56 Å². The van der Waals surface area contributed by atoms with Gasteiger partial charge in [-0.05, 0) is 30.9 Å². The van der Waals surface area contributed by atoms with E-state index in [0.717, 1.165) is 38.0 Å². The van der Waals surface area contributed by atoms with E-state index in [-0.39, 0.29) is 5.91 Å². The highest BCUT2D eigenvalue weighted by atomic mass is 16.1. The Kier molecular flexibility index (Phi) is 2.96. The van der Waals surface area contributed by atoms with E-state index in [1.54, 1.807) is 0 Å². The van der Waals surface area contributed by atoms with Crippen molar-refractivity contribution >= 4 is 11.5 Å². The molecule has 0 atom stereocenters. The van der Waals surface area contributed by atoms with Crippen molar-refractivity contribution in [3.05, 3.63) is 29.1 Å². The Morgan fingerprint density at radius 3 is 3.28 bits per heavy atom. The van der Waals surface area contributed by atoms with Gasteiger partial charge in [-0.3, -0.25) is 4.79 Å². The van der Waals surface area contributed by atoms with Crippen LogP contribution in [0.1, 0.15) is 35.0 Å². The van der Waals surface area contributed by atoms with Crippen molar-refractivity contribution in [1.29, 1.82) is 0 Å². The molecule has 18 heavy (non-hydrogen) atoms. The third-order valence-electron chi connectivity index (χ3n) is 3.70. The van der Waals surface area contributed by atoms with Crippen LogP contribution in [0.25, 0.3) is 5.57 Å². The quantitative estimate of drug-likeness (QED) is 0.821. The first-order valence-electron chi connectivity index (χ1n) is 6.71. The average Bonchev–Trinajstić information content (AvgIpc) is 2.61. The molecule has 4 nitrogen and oxygen atoms in total. The molecule has 0 radical (unpaired) electrons. The van der Waals surface area contributed by atoms with Gasteiger partial charge in [-0.2, -0.15) is 0 Å². The molecule has 0 aromatic carbocycles. The van der Waals surface area contributed by atoms with Gasteiger partial charge in [-0.1, -0.05) is 6.08 Å². The number of hydrogen-bond acceptors (Lipinski definition) is 2. The highest BCUT2D eigenvalue weighted by Gasteiger charge is 2.25. The first-order valence-corrected chi connectivity index (χ1v) is 6.71. The van der Waals surface area contributed by atoms with E-state index in [9.17, 15) is 4.79 Å². The van der Waals surface area contributed by atoms with Gasteiger partial charge >= 0.3 is 0 Å². The minimum Gasteiger partial charge on any atom is -0.352 e. The highest BCUT2D eigenvalue weighted by molar-refractivity contribution is 5.97. The molecule has 0 unspecified atom stereocenters. The van der Waals surface area contributed by atoms with Crippen molar-refractivity contribution in [2.24, 2.45) is 0 Å². The van der Waals surface area contributed by atoms with E-state index in [4.69, 9.17) is 0 Å². The lowest BCUT2D eigenvalue weighted by Gasteiger charge is -2.15. The number of nitrogens with zero attached hydrogens (tertiary/aromatic N) is 1. The maximum absolute atomic E-state index is 12.1. The zero-order chi connectivity index (χ0) is 12.5. The minimum absolute atomic E-state index is 0.0716. The van der Waals surface area contributed by atoms with E-state index in [1.807, 2.05) is 13.1 Å². The summed E-state index contributed by atoms with van der Waals surface area (Å²) < 4.78 is 2.24. The summed E-state index contributed by atoms with van der Waals surface area (Å²) in [5.74, 6) is 0.0716. The fourth-order valence-electron chi connectivity index (χ4n) is 2.92. The van der Waals surface area contributed by atoms with Gasteiger partial charge in [-0.15, -0.1) is 0 Å². The predicted molar refractivity (Wildman–Crippen MR) is 71.6 cm³/mol. The summed E-state index contributed by atoms with van der Waals surface area (Å²) in [5.41, 5.74) is 4.75. The molecule has 1 amide bonds. The molecule has 1 aliphatic heterocycles. The first kappa shape index (κ1) is 11.5. The van der Waals surface area contributed by atoms with Gasteiger partial charge in [0.2, 0.25) is 0 Å². The highest BCUT2D eigenvalue weighted by Crippen LogP contribution is 2.31. The Balaban J connectivity index is 2.08. The average molecular weight is 245 g/mol. The van der Waals surface area contributed by atoms with Crippen LogP contribution in [0.3, 0.4) is 0 Å². The monoisotopic (exact) mass is 245 g/mol. The SMILES string of the molecule is CCNC(=O)c1cn2c3c1CCC=C3CNCC2. The van der Waals surface area contributed by atoms with Crippen molar-refractivity contribution in [2.75, 3.05) is 19.6 Å². The summed E-state index contributed by atoms with van der Waals surface area (Å²) in [6, 6.07) is 0. The molecule has 2 heterocycles. The molecule has 0 bridgehead atoms. The second-order valence-corrected chi connectivity index (χ2v) is 4.87. The molecule has 1 aromatic heterocycles.